The average molecular weight is 486 g/mol. The predicted octanol–water partition coefficient (Wildman–Crippen LogP) is 3.16. The van der Waals surface area contributed by atoms with E-state index in [4.69, 9.17) is 0 Å². The van der Waals surface area contributed by atoms with E-state index >= 15 is 0 Å². The molecule has 1 unspecified atom stereocenters. The maximum Gasteiger partial charge on any atom is 0.191 e. The van der Waals surface area contributed by atoms with Gasteiger partial charge in [-0.3, -0.25) is 9.89 Å². The van der Waals surface area contributed by atoms with Crippen LogP contribution in [0.2, 0.25) is 0 Å². The van der Waals surface area contributed by atoms with Crippen LogP contribution in [0, 0.1) is 5.92 Å². The number of benzene rings is 1. The fourth-order valence-corrected chi connectivity index (χ4v) is 3.29. The zero-order valence-electron chi connectivity index (χ0n) is 16.4. The van der Waals surface area contributed by atoms with E-state index in [0.717, 1.165) is 43.1 Å². The Morgan fingerprint density at radius 2 is 1.93 bits per heavy atom. The van der Waals surface area contributed by atoms with Crippen molar-refractivity contribution in [2.75, 3.05) is 32.7 Å². The maximum absolute atomic E-state index is 10.3. The highest BCUT2D eigenvalue weighted by Crippen LogP contribution is 2.34. The highest BCUT2D eigenvalue weighted by Gasteiger charge is 2.33. The molecule has 0 bridgehead atoms. The first-order valence-electron chi connectivity index (χ1n) is 10.3. The van der Waals surface area contributed by atoms with Crippen molar-refractivity contribution >= 4 is 29.9 Å². The van der Waals surface area contributed by atoms with Gasteiger partial charge in [-0.05, 0) is 50.5 Å². The van der Waals surface area contributed by atoms with E-state index in [2.05, 4.69) is 27.4 Å². The number of rotatable bonds is 11. The second kappa shape index (κ2) is 11.9. The second-order valence-corrected chi connectivity index (χ2v) is 7.57. The van der Waals surface area contributed by atoms with Crippen molar-refractivity contribution in [1.29, 1.82) is 0 Å². The van der Waals surface area contributed by atoms with Crippen LogP contribution in [0.3, 0.4) is 0 Å². The molecule has 1 aromatic carbocycles. The minimum atomic E-state index is -0.452. The molecule has 152 valence electrons. The summed E-state index contributed by atoms with van der Waals surface area (Å²) in [6.07, 6.45) is 5.77. The van der Waals surface area contributed by atoms with E-state index in [9.17, 15) is 5.11 Å². The van der Waals surface area contributed by atoms with Crippen LogP contribution < -0.4 is 10.6 Å². The maximum atomic E-state index is 10.3. The summed E-state index contributed by atoms with van der Waals surface area (Å²) in [5, 5.41) is 17.0. The van der Waals surface area contributed by atoms with E-state index in [1.165, 1.54) is 32.2 Å². The summed E-state index contributed by atoms with van der Waals surface area (Å²) in [5.41, 5.74) is 0.959. The quantitative estimate of drug-likeness (QED) is 0.256. The van der Waals surface area contributed by atoms with Gasteiger partial charge >= 0.3 is 0 Å². The van der Waals surface area contributed by atoms with Crippen LogP contribution in [0.4, 0.5) is 0 Å². The van der Waals surface area contributed by atoms with Crippen molar-refractivity contribution < 1.29 is 5.11 Å². The van der Waals surface area contributed by atoms with Gasteiger partial charge in [0.25, 0.3) is 0 Å². The fourth-order valence-electron chi connectivity index (χ4n) is 3.29. The van der Waals surface area contributed by atoms with Gasteiger partial charge in [-0.15, -0.1) is 24.0 Å². The molecule has 6 heteroatoms. The fraction of sp³-hybridized carbons (Fsp3) is 0.667. The Hall–Kier alpha value is -0.860. The molecule has 2 saturated carbocycles. The lowest BCUT2D eigenvalue weighted by atomic mass is 10.1. The molecular formula is C21H35IN4O. The summed E-state index contributed by atoms with van der Waals surface area (Å²) in [6.45, 7) is 6.85. The molecule has 0 heterocycles. The van der Waals surface area contributed by atoms with Gasteiger partial charge in [0.1, 0.15) is 0 Å². The smallest absolute Gasteiger partial charge is 0.191 e. The average Bonchev–Trinajstić information content (AvgIpc) is 3.55. The molecular weight excluding hydrogens is 451 g/mol. The van der Waals surface area contributed by atoms with Crippen molar-refractivity contribution in [2.24, 2.45) is 10.9 Å². The van der Waals surface area contributed by atoms with Crippen LogP contribution in [0.25, 0.3) is 0 Å². The number of nitrogens with one attached hydrogen (secondary N) is 2. The predicted molar refractivity (Wildman–Crippen MR) is 123 cm³/mol. The molecule has 0 aromatic heterocycles. The van der Waals surface area contributed by atoms with Gasteiger partial charge in [-0.1, -0.05) is 30.3 Å². The lowest BCUT2D eigenvalue weighted by Crippen LogP contribution is -2.42. The molecule has 0 saturated heterocycles. The van der Waals surface area contributed by atoms with Crippen molar-refractivity contribution in [3.8, 4) is 0 Å². The number of aliphatic hydroxyl groups excluding tert-OH is 1. The van der Waals surface area contributed by atoms with Crippen LogP contribution in [-0.2, 0) is 0 Å². The standard InChI is InChI=1S/C21H34N4O.HI/c1-2-22-21(23-13-12-20(26)18-6-4-3-5-7-18)24-14-15-25(19-10-11-19)16-17-8-9-17;/h3-7,17,19-20,26H,2,8-16H2,1H3,(H2,22,23,24);1H. The SMILES string of the molecule is CCNC(=NCCC(O)c1ccccc1)NCCN(CC1CC1)C1CC1.I. The van der Waals surface area contributed by atoms with Gasteiger partial charge in [0.05, 0.1) is 6.10 Å². The zero-order chi connectivity index (χ0) is 18.2. The van der Waals surface area contributed by atoms with Crippen molar-refractivity contribution in [3.63, 3.8) is 0 Å². The van der Waals surface area contributed by atoms with E-state index in [1.807, 2.05) is 30.3 Å². The normalized spacial score (nSPS) is 18.1. The highest BCUT2D eigenvalue weighted by atomic mass is 127. The molecule has 5 nitrogen and oxygen atoms in total. The Bertz CT molecular complexity index is 561. The first-order valence-corrected chi connectivity index (χ1v) is 10.3. The molecule has 2 fully saturated rings. The van der Waals surface area contributed by atoms with E-state index in [0.29, 0.717) is 13.0 Å². The van der Waals surface area contributed by atoms with Crippen molar-refractivity contribution in [2.45, 2.75) is 51.2 Å². The van der Waals surface area contributed by atoms with Gasteiger partial charge in [-0.2, -0.15) is 0 Å². The molecule has 27 heavy (non-hydrogen) atoms. The summed E-state index contributed by atoms with van der Waals surface area (Å²) in [7, 11) is 0. The zero-order valence-corrected chi connectivity index (χ0v) is 18.8. The third-order valence-corrected chi connectivity index (χ3v) is 5.15. The number of aliphatic imine (C=N–C) groups is 1. The van der Waals surface area contributed by atoms with E-state index in [1.54, 1.807) is 0 Å². The number of hydrogen-bond acceptors (Lipinski definition) is 3. The van der Waals surface area contributed by atoms with Crippen LogP contribution in [0.15, 0.2) is 35.3 Å². The molecule has 2 aliphatic rings. The lowest BCUT2D eigenvalue weighted by molar-refractivity contribution is 0.170. The van der Waals surface area contributed by atoms with Gasteiger partial charge in [0.15, 0.2) is 5.96 Å². The third kappa shape index (κ3) is 8.35. The Morgan fingerprint density at radius 3 is 2.56 bits per heavy atom. The second-order valence-electron chi connectivity index (χ2n) is 7.57. The van der Waals surface area contributed by atoms with Crippen LogP contribution in [0.5, 0.6) is 0 Å². The van der Waals surface area contributed by atoms with Gasteiger partial charge in [0, 0.05) is 38.8 Å². The third-order valence-electron chi connectivity index (χ3n) is 5.15. The summed E-state index contributed by atoms with van der Waals surface area (Å²) in [5.74, 6) is 1.81. The summed E-state index contributed by atoms with van der Waals surface area (Å²) < 4.78 is 0. The molecule has 0 aliphatic heterocycles. The molecule has 1 aromatic rings. The Morgan fingerprint density at radius 1 is 1.19 bits per heavy atom. The number of guanidine groups is 1. The number of halogens is 1. The summed E-state index contributed by atoms with van der Waals surface area (Å²) in [6, 6.07) is 10.6. The largest absolute Gasteiger partial charge is 0.388 e. The molecule has 3 rings (SSSR count). The Labute approximate surface area is 181 Å². The Kier molecular flexibility index (Phi) is 9.86. The Balaban J connectivity index is 0.00000261. The van der Waals surface area contributed by atoms with Gasteiger partial charge in [0.2, 0.25) is 0 Å². The molecule has 0 radical (unpaired) electrons. The highest BCUT2D eigenvalue weighted by molar-refractivity contribution is 14.0. The van der Waals surface area contributed by atoms with E-state index < -0.39 is 6.10 Å². The topological polar surface area (TPSA) is 59.9 Å². The number of aliphatic hydroxyl groups is 1. The first kappa shape index (κ1) is 22.4. The first-order chi connectivity index (χ1) is 12.8. The van der Waals surface area contributed by atoms with Gasteiger partial charge < -0.3 is 15.7 Å². The molecule has 0 amide bonds. The minimum absolute atomic E-state index is 0. The van der Waals surface area contributed by atoms with Crippen molar-refractivity contribution in [1.82, 2.24) is 15.5 Å². The van der Waals surface area contributed by atoms with E-state index in [-0.39, 0.29) is 24.0 Å². The summed E-state index contributed by atoms with van der Waals surface area (Å²) in [4.78, 5) is 7.29. The number of hydrogen-bond donors (Lipinski definition) is 3. The minimum Gasteiger partial charge on any atom is -0.388 e. The molecule has 3 N–H and O–H groups in total. The van der Waals surface area contributed by atoms with Crippen LogP contribution >= 0.6 is 24.0 Å². The molecule has 0 spiro atoms. The monoisotopic (exact) mass is 486 g/mol. The number of nitrogens with zero attached hydrogens (tertiary/aromatic N) is 2. The van der Waals surface area contributed by atoms with Crippen LogP contribution in [0.1, 0.15) is 50.7 Å². The van der Waals surface area contributed by atoms with Gasteiger partial charge in [-0.25, -0.2) is 0 Å². The lowest BCUT2D eigenvalue weighted by Gasteiger charge is -2.22. The summed E-state index contributed by atoms with van der Waals surface area (Å²) >= 11 is 0. The van der Waals surface area contributed by atoms with Crippen LogP contribution in [-0.4, -0.2) is 54.7 Å². The van der Waals surface area contributed by atoms with Crippen molar-refractivity contribution in [3.05, 3.63) is 35.9 Å². The molecule has 2 aliphatic carbocycles. The molecule has 1 atom stereocenters.